The molecular formula is C10H5F4NO2. The predicted molar refractivity (Wildman–Crippen MR) is 47.5 cm³/mol. The van der Waals surface area contributed by atoms with Gasteiger partial charge in [0.05, 0.1) is 18.2 Å². The molecule has 0 spiro atoms. The van der Waals surface area contributed by atoms with Crippen molar-refractivity contribution in [2.45, 2.75) is 6.18 Å². The topological polar surface area (TPSA) is 50.1 Å². The lowest BCUT2D eigenvalue weighted by molar-refractivity contribution is -0.140. The van der Waals surface area contributed by atoms with Crippen molar-refractivity contribution >= 4 is 5.97 Å². The van der Waals surface area contributed by atoms with Crippen LogP contribution in [0.25, 0.3) is 0 Å². The number of alkyl halides is 3. The Balaban J connectivity index is 3.60. The van der Waals surface area contributed by atoms with Gasteiger partial charge in [0.1, 0.15) is 11.6 Å². The second kappa shape index (κ2) is 4.41. The van der Waals surface area contributed by atoms with Crippen molar-refractivity contribution < 1.29 is 27.1 Å². The normalized spacial score (nSPS) is 10.8. The van der Waals surface area contributed by atoms with Crippen LogP contribution in [0.4, 0.5) is 17.6 Å². The Kier molecular flexibility index (Phi) is 3.36. The maximum Gasteiger partial charge on any atom is 0.420 e. The summed E-state index contributed by atoms with van der Waals surface area (Å²) in [5.41, 5.74) is -3.54. The van der Waals surface area contributed by atoms with Gasteiger partial charge in [0.15, 0.2) is 5.82 Å². The number of hydrogen-bond acceptors (Lipinski definition) is 3. The van der Waals surface area contributed by atoms with E-state index in [1.54, 1.807) is 0 Å². The zero-order valence-electron chi connectivity index (χ0n) is 8.43. The third-order valence-electron chi connectivity index (χ3n) is 1.95. The molecule has 0 N–H and O–H groups in total. The van der Waals surface area contributed by atoms with Crippen molar-refractivity contribution in [1.82, 2.24) is 0 Å². The average Bonchev–Trinajstić information content (AvgIpc) is 2.25. The molecule has 0 unspecified atom stereocenters. The van der Waals surface area contributed by atoms with Gasteiger partial charge in [-0.2, -0.15) is 18.4 Å². The molecular weight excluding hydrogens is 242 g/mol. The van der Waals surface area contributed by atoms with Crippen molar-refractivity contribution in [2.24, 2.45) is 0 Å². The SMILES string of the molecule is COC(=O)c1ccc(C#N)c(F)c1C(F)(F)F. The van der Waals surface area contributed by atoms with E-state index in [1.807, 2.05) is 0 Å². The Morgan fingerprint density at radius 2 is 2.00 bits per heavy atom. The number of esters is 1. The quantitative estimate of drug-likeness (QED) is 0.566. The number of nitrogens with zero attached hydrogens (tertiary/aromatic N) is 1. The summed E-state index contributed by atoms with van der Waals surface area (Å²) in [5.74, 6) is -3.09. The number of rotatable bonds is 1. The largest absolute Gasteiger partial charge is 0.465 e. The molecule has 17 heavy (non-hydrogen) atoms. The van der Waals surface area contributed by atoms with Crippen LogP contribution in [0.15, 0.2) is 12.1 Å². The van der Waals surface area contributed by atoms with Crippen LogP contribution < -0.4 is 0 Å². The fourth-order valence-electron chi connectivity index (χ4n) is 1.22. The van der Waals surface area contributed by atoms with Crippen molar-refractivity contribution in [3.63, 3.8) is 0 Å². The fourth-order valence-corrected chi connectivity index (χ4v) is 1.22. The standard InChI is InChI=1S/C10H5F4NO2/c1-17-9(16)6-3-2-5(4-15)8(11)7(6)10(12,13)14/h2-3H,1H3. The van der Waals surface area contributed by atoms with Gasteiger partial charge in [-0.25, -0.2) is 9.18 Å². The van der Waals surface area contributed by atoms with Crippen molar-refractivity contribution in [2.75, 3.05) is 7.11 Å². The van der Waals surface area contributed by atoms with Gasteiger partial charge in [-0.05, 0) is 12.1 Å². The first-order valence-electron chi connectivity index (χ1n) is 4.21. The molecule has 0 bridgehead atoms. The first kappa shape index (κ1) is 13.0. The molecule has 0 radical (unpaired) electrons. The Morgan fingerprint density at radius 1 is 1.41 bits per heavy atom. The fraction of sp³-hybridized carbons (Fsp3) is 0.200. The van der Waals surface area contributed by atoms with E-state index >= 15 is 0 Å². The molecule has 3 nitrogen and oxygen atoms in total. The third-order valence-corrected chi connectivity index (χ3v) is 1.95. The predicted octanol–water partition coefficient (Wildman–Crippen LogP) is 2.50. The van der Waals surface area contributed by atoms with Crippen LogP contribution in [0.5, 0.6) is 0 Å². The molecule has 7 heteroatoms. The summed E-state index contributed by atoms with van der Waals surface area (Å²) in [7, 11) is 0.874. The van der Waals surface area contributed by atoms with E-state index in [0.29, 0.717) is 6.07 Å². The highest BCUT2D eigenvalue weighted by Crippen LogP contribution is 2.35. The molecule has 0 heterocycles. The van der Waals surface area contributed by atoms with Crippen molar-refractivity contribution in [1.29, 1.82) is 5.26 Å². The van der Waals surface area contributed by atoms with Crippen LogP contribution in [0.3, 0.4) is 0 Å². The molecule has 90 valence electrons. The number of nitriles is 1. The molecule has 0 saturated carbocycles. The lowest BCUT2D eigenvalue weighted by Gasteiger charge is -2.12. The third kappa shape index (κ3) is 2.36. The van der Waals surface area contributed by atoms with Crippen LogP contribution >= 0.6 is 0 Å². The number of ether oxygens (including phenoxy) is 1. The number of carbonyl (C=O) groups is 1. The first-order valence-corrected chi connectivity index (χ1v) is 4.21. The van der Waals surface area contributed by atoms with Gasteiger partial charge in [0.2, 0.25) is 0 Å². The first-order chi connectivity index (χ1) is 7.82. The van der Waals surface area contributed by atoms with E-state index in [-0.39, 0.29) is 0 Å². The molecule has 0 aliphatic carbocycles. The molecule has 1 rings (SSSR count). The van der Waals surface area contributed by atoms with E-state index in [2.05, 4.69) is 4.74 Å². The summed E-state index contributed by atoms with van der Waals surface area (Å²) in [6.07, 6.45) is -5.08. The second-order valence-electron chi connectivity index (χ2n) is 2.95. The molecule has 0 aromatic heterocycles. The molecule has 0 amide bonds. The minimum absolute atomic E-state index is 0.705. The molecule has 0 saturated heterocycles. The van der Waals surface area contributed by atoms with Crippen LogP contribution in [-0.2, 0) is 10.9 Å². The molecule has 0 aliphatic rings. The zero-order valence-corrected chi connectivity index (χ0v) is 8.43. The van der Waals surface area contributed by atoms with Gasteiger partial charge in [-0.1, -0.05) is 0 Å². The van der Waals surface area contributed by atoms with Crippen LogP contribution in [0, 0.1) is 17.1 Å². The summed E-state index contributed by atoms with van der Waals surface area (Å²) >= 11 is 0. The van der Waals surface area contributed by atoms with Crippen LogP contribution in [-0.4, -0.2) is 13.1 Å². The number of carbonyl (C=O) groups excluding carboxylic acids is 1. The maximum absolute atomic E-state index is 13.4. The summed E-state index contributed by atoms with van der Waals surface area (Å²) in [4.78, 5) is 11.1. The van der Waals surface area contributed by atoms with E-state index in [9.17, 15) is 22.4 Å². The van der Waals surface area contributed by atoms with Gasteiger partial charge in [0, 0.05) is 0 Å². The Bertz CT molecular complexity index is 502. The Labute approximate surface area is 93.2 Å². The molecule has 0 atom stereocenters. The lowest BCUT2D eigenvalue weighted by Crippen LogP contribution is -2.17. The average molecular weight is 247 g/mol. The van der Waals surface area contributed by atoms with E-state index in [1.165, 1.54) is 6.07 Å². The zero-order chi connectivity index (χ0) is 13.2. The van der Waals surface area contributed by atoms with E-state index in [4.69, 9.17) is 5.26 Å². The second-order valence-corrected chi connectivity index (χ2v) is 2.95. The summed E-state index contributed by atoms with van der Waals surface area (Å²) < 4.78 is 55.2. The van der Waals surface area contributed by atoms with Gasteiger partial charge in [-0.3, -0.25) is 0 Å². The molecule has 1 aromatic rings. The molecule has 0 fully saturated rings. The van der Waals surface area contributed by atoms with Gasteiger partial charge in [0.25, 0.3) is 0 Å². The number of halogens is 4. The highest BCUT2D eigenvalue weighted by atomic mass is 19.4. The maximum atomic E-state index is 13.4. The lowest BCUT2D eigenvalue weighted by atomic mass is 10.0. The van der Waals surface area contributed by atoms with Crippen LogP contribution in [0.2, 0.25) is 0 Å². The van der Waals surface area contributed by atoms with Crippen LogP contribution in [0.1, 0.15) is 21.5 Å². The van der Waals surface area contributed by atoms with E-state index < -0.39 is 34.7 Å². The van der Waals surface area contributed by atoms with Gasteiger partial charge < -0.3 is 4.74 Å². The highest BCUT2D eigenvalue weighted by molar-refractivity contribution is 5.91. The Hall–Kier alpha value is -2.10. The van der Waals surface area contributed by atoms with Crippen molar-refractivity contribution in [3.05, 3.63) is 34.6 Å². The Morgan fingerprint density at radius 3 is 2.41 bits per heavy atom. The smallest absolute Gasteiger partial charge is 0.420 e. The minimum atomic E-state index is -5.08. The number of methoxy groups -OCH3 is 1. The van der Waals surface area contributed by atoms with Gasteiger partial charge >= 0.3 is 12.1 Å². The summed E-state index contributed by atoms with van der Waals surface area (Å²) in [5, 5.41) is 8.42. The van der Waals surface area contributed by atoms with E-state index in [0.717, 1.165) is 13.2 Å². The van der Waals surface area contributed by atoms with Crippen molar-refractivity contribution in [3.8, 4) is 6.07 Å². The van der Waals surface area contributed by atoms with Gasteiger partial charge in [-0.15, -0.1) is 0 Å². The molecule has 1 aromatic carbocycles. The molecule has 0 aliphatic heterocycles. The minimum Gasteiger partial charge on any atom is -0.465 e. The summed E-state index contributed by atoms with van der Waals surface area (Å²) in [6, 6.07) is 2.76. The number of hydrogen-bond donors (Lipinski definition) is 0. The monoisotopic (exact) mass is 247 g/mol. The number of benzene rings is 1. The summed E-state index contributed by atoms with van der Waals surface area (Å²) in [6.45, 7) is 0. The highest BCUT2D eigenvalue weighted by Gasteiger charge is 2.40.